The number of hydrogen-bond acceptors (Lipinski definition) is 3. The van der Waals surface area contributed by atoms with E-state index in [0.29, 0.717) is 5.75 Å². The quantitative estimate of drug-likeness (QED) is 0.671. The summed E-state index contributed by atoms with van der Waals surface area (Å²) in [7, 11) is 0. The van der Waals surface area contributed by atoms with Gasteiger partial charge in [-0.15, -0.1) is 0 Å². The van der Waals surface area contributed by atoms with Crippen molar-refractivity contribution in [3.05, 3.63) is 65.2 Å². The van der Waals surface area contributed by atoms with Gasteiger partial charge in [0.1, 0.15) is 5.75 Å². The Hall–Kier alpha value is -2.83. The third kappa shape index (κ3) is 5.42. The first-order chi connectivity index (χ1) is 11.3. The van der Waals surface area contributed by atoms with Crippen LogP contribution in [0.1, 0.15) is 16.7 Å². The Labute approximate surface area is 137 Å². The molecule has 0 saturated carbocycles. The molecule has 2 rings (SSSR count). The molecule has 0 radical (unpaired) electrons. The van der Waals surface area contributed by atoms with E-state index in [1.807, 2.05) is 13.0 Å². The number of carbonyl (C=O) groups is 1. The number of halogens is 3. The van der Waals surface area contributed by atoms with Crippen LogP contribution in [0, 0.1) is 6.92 Å². The van der Waals surface area contributed by atoms with Crippen molar-refractivity contribution in [2.24, 2.45) is 5.10 Å². The molecule has 0 aromatic heterocycles. The maximum absolute atomic E-state index is 12.6. The standard InChI is InChI=1S/C17H15F3N2O2/c1-12-4-2-7-15(8-12)24-11-16(23)22-21-10-13-5-3-6-14(9-13)17(18,19)20/h2-10H,11H2,1H3,(H,22,23)/b21-10-. The zero-order chi connectivity index (χ0) is 17.6. The van der Waals surface area contributed by atoms with Gasteiger partial charge in [0.2, 0.25) is 0 Å². The number of ether oxygens (including phenoxy) is 1. The van der Waals surface area contributed by atoms with Crippen LogP contribution in [0.4, 0.5) is 13.2 Å². The molecule has 0 unspecified atom stereocenters. The fraction of sp³-hybridized carbons (Fsp3) is 0.176. The SMILES string of the molecule is Cc1cccc(OCC(=O)N/N=C\c2cccc(C(F)(F)F)c2)c1. The first-order valence-electron chi connectivity index (χ1n) is 7.03. The van der Waals surface area contributed by atoms with Crippen LogP contribution in [0.2, 0.25) is 0 Å². The number of alkyl halides is 3. The Bertz CT molecular complexity index is 743. The van der Waals surface area contributed by atoms with Gasteiger partial charge in [0.15, 0.2) is 6.61 Å². The molecular weight excluding hydrogens is 321 g/mol. The molecule has 0 bridgehead atoms. The molecule has 0 aliphatic rings. The number of hydrazone groups is 1. The summed E-state index contributed by atoms with van der Waals surface area (Å²) in [5, 5.41) is 3.62. The topological polar surface area (TPSA) is 50.7 Å². The Morgan fingerprint density at radius 2 is 1.96 bits per heavy atom. The number of carbonyl (C=O) groups excluding carboxylic acids is 1. The largest absolute Gasteiger partial charge is 0.484 e. The van der Waals surface area contributed by atoms with Gasteiger partial charge in [-0.3, -0.25) is 4.79 Å². The van der Waals surface area contributed by atoms with Crippen molar-refractivity contribution in [2.45, 2.75) is 13.1 Å². The highest BCUT2D eigenvalue weighted by Crippen LogP contribution is 2.29. The maximum atomic E-state index is 12.6. The van der Waals surface area contributed by atoms with Gasteiger partial charge in [-0.2, -0.15) is 18.3 Å². The van der Waals surface area contributed by atoms with Gasteiger partial charge in [0.25, 0.3) is 5.91 Å². The van der Waals surface area contributed by atoms with E-state index in [2.05, 4.69) is 10.5 Å². The zero-order valence-electron chi connectivity index (χ0n) is 12.8. The smallest absolute Gasteiger partial charge is 0.416 e. The highest BCUT2D eigenvalue weighted by molar-refractivity contribution is 5.83. The summed E-state index contributed by atoms with van der Waals surface area (Å²) < 4.78 is 43.0. The lowest BCUT2D eigenvalue weighted by molar-refractivity contribution is -0.137. The Morgan fingerprint density at radius 1 is 1.21 bits per heavy atom. The summed E-state index contributed by atoms with van der Waals surface area (Å²) in [6.45, 7) is 1.65. The molecule has 0 fully saturated rings. The van der Waals surface area contributed by atoms with Gasteiger partial charge in [-0.05, 0) is 42.3 Å². The third-order valence-corrected chi connectivity index (χ3v) is 2.98. The van der Waals surface area contributed by atoms with Crippen LogP contribution in [-0.4, -0.2) is 18.7 Å². The second kappa shape index (κ2) is 7.63. The fourth-order valence-electron chi connectivity index (χ4n) is 1.86. The Balaban J connectivity index is 1.86. The molecule has 0 heterocycles. The number of rotatable bonds is 5. The predicted octanol–water partition coefficient (Wildman–Crippen LogP) is 3.54. The maximum Gasteiger partial charge on any atom is 0.416 e. The highest BCUT2D eigenvalue weighted by atomic mass is 19.4. The number of nitrogens with one attached hydrogen (secondary N) is 1. The molecule has 24 heavy (non-hydrogen) atoms. The number of nitrogens with zero attached hydrogens (tertiary/aromatic N) is 1. The lowest BCUT2D eigenvalue weighted by Gasteiger charge is -2.07. The summed E-state index contributed by atoms with van der Waals surface area (Å²) in [6, 6.07) is 11.8. The van der Waals surface area contributed by atoms with E-state index in [-0.39, 0.29) is 12.2 Å². The molecule has 2 aromatic rings. The molecule has 0 aliphatic carbocycles. The van der Waals surface area contributed by atoms with Crippen molar-refractivity contribution in [1.82, 2.24) is 5.43 Å². The van der Waals surface area contributed by atoms with Gasteiger partial charge in [0, 0.05) is 0 Å². The lowest BCUT2D eigenvalue weighted by Crippen LogP contribution is -2.24. The predicted molar refractivity (Wildman–Crippen MR) is 83.9 cm³/mol. The van der Waals surface area contributed by atoms with Gasteiger partial charge in [0.05, 0.1) is 11.8 Å². The van der Waals surface area contributed by atoms with Crippen LogP contribution >= 0.6 is 0 Å². The minimum atomic E-state index is -4.42. The molecule has 4 nitrogen and oxygen atoms in total. The van der Waals surface area contributed by atoms with Crippen LogP contribution in [0.15, 0.2) is 53.6 Å². The van der Waals surface area contributed by atoms with E-state index in [1.165, 1.54) is 12.1 Å². The van der Waals surface area contributed by atoms with Crippen molar-refractivity contribution >= 4 is 12.1 Å². The highest BCUT2D eigenvalue weighted by Gasteiger charge is 2.30. The second-order valence-corrected chi connectivity index (χ2v) is 5.02. The molecule has 1 amide bonds. The summed E-state index contributed by atoms with van der Waals surface area (Å²) >= 11 is 0. The summed E-state index contributed by atoms with van der Waals surface area (Å²) in [5.74, 6) is 0.0340. The zero-order valence-corrected chi connectivity index (χ0v) is 12.8. The molecule has 0 aliphatic heterocycles. The van der Waals surface area contributed by atoms with Crippen LogP contribution in [0.3, 0.4) is 0 Å². The van der Waals surface area contributed by atoms with Crippen molar-refractivity contribution in [1.29, 1.82) is 0 Å². The summed E-state index contributed by atoms with van der Waals surface area (Å²) in [4.78, 5) is 11.6. The van der Waals surface area contributed by atoms with E-state index in [1.54, 1.807) is 18.2 Å². The summed E-state index contributed by atoms with van der Waals surface area (Å²) in [6.07, 6.45) is -3.28. The molecule has 0 atom stereocenters. The fourth-order valence-corrected chi connectivity index (χ4v) is 1.86. The van der Waals surface area contributed by atoms with E-state index < -0.39 is 17.6 Å². The van der Waals surface area contributed by atoms with Crippen molar-refractivity contribution in [2.75, 3.05) is 6.61 Å². The Morgan fingerprint density at radius 3 is 2.67 bits per heavy atom. The molecule has 1 N–H and O–H groups in total. The number of benzene rings is 2. The number of hydrogen-bond donors (Lipinski definition) is 1. The van der Waals surface area contributed by atoms with E-state index in [4.69, 9.17) is 4.74 Å². The lowest BCUT2D eigenvalue weighted by atomic mass is 10.1. The average molecular weight is 336 g/mol. The average Bonchev–Trinajstić information content (AvgIpc) is 2.52. The minimum Gasteiger partial charge on any atom is -0.484 e. The van der Waals surface area contributed by atoms with E-state index in [0.717, 1.165) is 23.9 Å². The Kier molecular flexibility index (Phi) is 5.57. The number of amides is 1. The molecule has 126 valence electrons. The minimum absolute atomic E-state index is 0.227. The van der Waals surface area contributed by atoms with Gasteiger partial charge in [-0.1, -0.05) is 24.3 Å². The molecular formula is C17H15F3N2O2. The van der Waals surface area contributed by atoms with Crippen LogP contribution < -0.4 is 10.2 Å². The van der Waals surface area contributed by atoms with Crippen molar-refractivity contribution in [3.63, 3.8) is 0 Å². The first-order valence-corrected chi connectivity index (χ1v) is 7.03. The monoisotopic (exact) mass is 336 g/mol. The second-order valence-electron chi connectivity index (χ2n) is 5.02. The number of aryl methyl sites for hydroxylation is 1. The van der Waals surface area contributed by atoms with E-state index >= 15 is 0 Å². The molecule has 2 aromatic carbocycles. The molecule has 0 saturated heterocycles. The van der Waals surface area contributed by atoms with Crippen LogP contribution in [0.25, 0.3) is 0 Å². The van der Waals surface area contributed by atoms with Crippen LogP contribution in [-0.2, 0) is 11.0 Å². The normalized spacial score (nSPS) is 11.5. The first kappa shape index (κ1) is 17.5. The summed E-state index contributed by atoms with van der Waals surface area (Å²) in [5.41, 5.74) is 2.64. The van der Waals surface area contributed by atoms with Gasteiger partial charge < -0.3 is 4.74 Å². The molecule has 7 heteroatoms. The van der Waals surface area contributed by atoms with Crippen LogP contribution in [0.5, 0.6) is 5.75 Å². The molecule has 0 spiro atoms. The third-order valence-electron chi connectivity index (χ3n) is 2.98. The van der Waals surface area contributed by atoms with E-state index in [9.17, 15) is 18.0 Å². The van der Waals surface area contributed by atoms with Crippen molar-refractivity contribution < 1.29 is 22.7 Å². The van der Waals surface area contributed by atoms with Gasteiger partial charge >= 0.3 is 6.18 Å². The van der Waals surface area contributed by atoms with Gasteiger partial charge in [-0.25, -0.2) is 5.43 Å². The van der Waals surface area contributed by atoms with Crippen molar-refractivity contribution in [3.8, 4) is 5.75 Å².